The van der Waals surface area contributed by atoms with Gasteiger partial charge in [-0.05, 0) is 18.4 Å². The molecular weight excluding hydrogens is 292 g/mol. The highest BCUT2D eigenvalue weighted by Crippen LogP contribution is 2.22. The molecule has 0 aliphatic heterocycles. The number of carbonyl (C=O) groups excluding carboxylic acids is 1. The van der Waals surface area contributed by atoms with Gasteiger partial charge >= 0.3 is 5.97 Å². The highest BCUT2D eigenvalue weighted by molar-refractivity contribution is 7.89. The summed E-state index contributed by atoms with van der Waals surface area (Å²) in [5.41, 5.74) is 5.54. The number of sulfonamides is 1. The van der Waals surface area contributed by atoms with Crippen LogP contribution in [-0.2, 0) is 14.8 Å². The molecule has 2 unspecified atom stereocenters. The van der Waals surface area contributed by atoms with Crippen LogP contribution in [0.25, 0.3) is 0 Å². The Morgan fingerprint density at radius 2 is 2.26 bits per heavy atom. The van der Waals surface area contributed by atoms with Crippen molar-refractivity contribution in [3.05, 3.63) is 16.3 Å². The number of rotatable bonds is 6. The number of hydrogen-bond donors (Lipinski definition) is 3. The summed E-state index contributed by atoms with van der Waals surface area (Å²) in [4.78, 5) is 11.3. The molecule has 0 aromatic carbocycles. The lowest BCUT2D eigenvalue weighted by atomic mass is 10.2. The summed E-state index contributed by atoms with van der Waals surface area (Å²) in [6, 6.07) is 0.586. The predicted molar refractivity (Wildman–Crippen MR) is 70.5 cm³/mol. The normalized spacial score (nSPS) is 14.9. The van der Waals surface area contributed by atoms with Gasteiger partial charge in [-0.25, -0.2) is 17.9 Å². The molecular formula is C10H16N2O5S2. The van der Waals surface area contributed by atoms with Gasteiger partial charge in [-0.1, -0.05) is 0 Å². The molecule has 2 atom stereocenters. The monoisotopic (exact) mass is 308 g/mol. The Kier molecular flexibility index (Phi) is 5.44. The molecule has 0 aliphatic rings. The molecule has 19 heavy (non-hydrogen) atoms. The van der Waals surface area contributed by atoms with Crippen molar-refractivity contribution in [2.24, 2.45) is 5.73 Å². The van der Waals surface area contributed by atoms with Crippen molar-refractivity contribution in [2.45, 2.75) is 24.0 Å². The summed E-state index contributed by atoms with van der Waals surface area (Å²) >= 11 is 0.975. The second-order valence-corrected chi connectivity index (χ2v) is 6.51. The van der Waals surface area contributed by atoms with Crippen LogP contribution in [0, 0.1) is 0 Å². The van der Waals surface area contributed by atoms with Gasteiger partial charge in [0.25, 0.3) is 0 Å². The first-order valence-corrected chi connectivity index (χ1v) is 7.75. The molecule has 1 aromatic rings. The van der Waals surface area contributed by atoms with Crippen molar-refractivity contribution in [3.8, 4) is 0 Å². The Balaban J connectivity index is 2.90. The molecule has 7 nitrogen and oxygen atoms in total. The van der Waals surface area contributed by atoms with E-state index in [4.69, 9.17) is 5.73 Å². The van der Waals surface area contributed by atoms with Gasteiger partial charge in [0.2, 0.25) is 10.0 Å². The summed E-state index contributed by atoms with van der Waals surface area (Å²) < 4.78 is 30.8. The minimum absolute atomic E-state index is 0.000573. The van der Waals surface area contributed by atoms with Gasteiger partial charge in [0.15, 0.2) is 0 Å². The highest BCUT2D eigenvalue weighted by atomic mass is 32.2. The summed E-state index contributed by atoms with van der Waals surface area (Å²) in [5, 5.41) is 10.7. The fourth-order valence-electron chi connectivity index (χ4n) is 1.20. The van der Waals surface area contributed by atoms with Crippen LogP contribution in [0.4, 0.5) is 0 Å². The number of esters is 1. The van der Waals surface area contributed by atoms with Gasteiger partial charge < -0.3 is 15.6 Å². The van der Waals surface area contributed by atoms with Crippen LogP contribution in [0.15, 0.2) is 16.3 Å². The lowest BCUT2D eigenvalue weighted by Gasteiger charge is -2.15. The third-order valence-corrected chi connectivity index (χ3v) is 4.91. The van der Waals surface area contributed by atoms with E-state index in [2.05, 4.69) is 9.46 Å². The zero-order chi connectivity index (χ0) is 14.6. The molecule has 0 spiro atoms. The second kappa shape index (κ2) is 6.44. The van der Waals surface area contributed by atoms with Crippen molar-refractivity contribution in [1.82, 2.24) is 4.72 Å². The van der Waals surface area contributed by atoms with E-state index in [-0.39, 0.29) is 16.3 Å². The molecule has 0 aliphatic carbocycles. The average molecular weight is 308 g/mol. The number of ether oxygens (including phenoxy) is 1. The molecule has 0 saturated carbocycles. The largest absolute Gasteiger partial charge is 0.465 e. The first-order chi connectivity index (χ1) is 8.79. The second-order valence-electron chi connectivity index (χ2n) is 3.86. The number of nitrogens with two attached hydrogens (primary N) is 1. The van der Waals surface area contributed by atoms with Crippen molar-refractivity contribution in [1.29, 1.82) is 0 Å². The molecule has 1 heterocycles. The van der Waals surface area contributed by atoms with Crippen LogP contribution in [0.1, 0.15) is 16.6 Å². The van der Waals surface area contributed by atoms with E-state index in [1.165, 1.54) is 25.5 Å². The number of aliphatic hydroxyl groups is 1. The zero-order valence-electron chi connectivity index (χ0n) is 10.5. The molecule has 0 radical (unpaired) electrons. The fourth-order valence-corrected chi connectivity index (χ4v) is 3.61. The summed E-state index contributed by atoms with van der Waals surface area (Å²) in [6.07, 6.45) is -0.842. The van der Waals surface area contributed by atoms with Crippen LogP contribution < -0.4 is 10.5 Å². The first-order valence-electron chi connectivity index (χ1n) is 5.38. The van der Waals surface area contributed by atoms with Crippen LogP contribution >= 0.6 is 11.3 Å². The van der Waals surface area contributed by atoms with E-state index in [0.29, 0.717) is 0 Å². The smallest absolute Gasteiger partial charge is 0.349 e. The van der Waals surface area contributed by atoms with Gasteiger partial charge in [-0.3, -0.25) is 0 Å². The molecule has 9 heteroatoms. The van der Waals surface area contributed by atoms with Gasteiger partial charge in [-0.15, -0.1) is 11.3 Å². The van der Waals surface area contributed by atoms with Crippen LogP contribution in [0.5, 0.6) is 0 Å². The predicted octanol–water partition coefficient (Wildman–Crippen LogP) is -0.479. The molecule has 4 N–H and O–H groups in total. The minimum Gasteiger partial charge on any atom is -0.465 e. The molecule has 1 rings (SSSR count). The lowest BCUT2D eigenvalue weighted by Crippen LogP contribution is -2.43. The summed E-state index contributed by atoms with van der Waals surface area (Å²) in [6.45, 7) is 1.33. The Hall–Kier alpha value is -1.00. The quantitative estimate of drug-likeness (QED) is 0.611. The molecule has 108 valence electrons. The van der Waals surface area contributed by atoms with Crippen molar-refractivity contribution < 1.29 is 23.1 Å². The molecule has 1 aromatic heterocycles. The Morgan fingerprint density at radius 1 is 1.63 bits per heavy atom. The maximum Gasteiger partial charge on any atom is 0.349 e. The number of nitrogens with one attached hydrogen (secondary N) is 1. The van der Waals surface area contributed by atoms with Gasteiger partial charge in [0, 0.05) is 12.6 Å². The Morgan fingerprint density at radius 3 is 2.79 bits per heavy atom. The SMILES string of the molecule is COC(=O)c1sccc1S(=O)(=O)NCC(N)C(C)O. The third-order valence-electron chi connectivity index (χ3n) is 2.42. The van der Waals surface area contributed by atoms with E-state index >= 15 is 0 Å². The molecule has 0 bridgehead atoms. The van der Waals surface area contributed by atoms with Crippen LogP contribution in [0.3, 0.4) is 0 Å². The molecule has 0 amide bonds. The van der Waals surface area contributed by atoms with Gasteiger partial charge in [0.05, 0.1) is 13.2 Å². The van der Waals surface area contributed by atoms with Gasteiger partial charge in [-0.2, -0.15) is 0 Å². The van der Waals surface area contributed by atoms with E-state index < -0.39 is 28.1 Å². The van der Waals surface area contributed by atoms with Crippen molar-refractivity contribution >= 4 is 27.3 Å². The third kappa shape index (κ3) is 3.98. The van der Waals surface area contributed by atoms with Crippen LogP contribution in [0.2, 0.25) is 0 Å². The standard InChI is InChI=1S/C10H16N2O5S2/c1-6(13)7(11)5-12-19(15,16)8-3-4-18-9(8)10(14)17-2/h3-4,6-7,12-13H,5,11H2,1-2H3. The van der Waals surface area contributed by atoms with E-state index in [1.54, 1.807) is 0 Å². The van der Waals surface area contributed by atoms with Crippen molar-refractivity contribution in [2.75, 3.05) is 13.7 Å². The zero-order valence-corrected chi connectivity index (χ0v) is 12.1. The number of hydrogen-bond acceptors (Lipinski definition) is 7. The van der Waals surface area contributed by atoms with E-state index in [0.717, 1.165) is 11.3 Å². The summed E-state index contributed by atoms with van der Waals surface area (Å²) in [7, 11) is -2.69. The number of carbonyl (C=O) groups is 1. The van der Waals surface area contributed by atoms with E-state index in [9.17, 15) is 18.3 Å². The van der Waals surface area contributed by atoms with Crippen molar-refractivity contribution in [3.63, 3.8) is 0 Å². The average Bonchev–Trinajstić information content (AvgIpc) is 2.84. The van der Waals surface area contributed by atoms with Crippen LogP contribution in [-0.4, -0.2) is 45.3 Å². The molecule has 0 saturated heterocycles. The Bertz CT molecular complexity index is 538. The topological polar surface area (TPSA) is 119 Å². The van der Waals surface area contributed by atoms with E-state index in [1.807, 2.05) is 0 Å². The fraction of sp³-hybridized carbons (Fsp3) is 0.500. The maximum absolute atomic E-state index is 12.0. The number of thiophene rings is 1. The lowest BCUT2D eigenvalue weighted by molar-refractivity contribution is 0.0602. The number of aliphatic hydroxyl groups excluding tert-OH is 1. The Labute approximate surface area is 115 Å². The highest BCUT2D eigenvalue weighted by Gasteiger charge is 2.25. The first kappa shape index (κ1) is 16.1. The maximum atomic E-state index is 12.0. The summed E-state index contributed by atoms with van der Waals surface area (Å²) in [5.74, 6) is -0.713. The molecule has 0 fully saturated rings. The minimum atomic E-state index is -3.86. The van der Waals surface area contributed by atoms with Gasteiger partial charge in [0.1, 0.15) is 9.77 Å². The number of methoxy groups -OCH3 is 1.